The summed E-state index contributed by atoms with van der Waals surface area (Å²) in [6.45, 7) is 4.05. The average molecular weight is 339 g/mol. The number of nitrogens with one attached hydrogen (secondary N) is 2. The topological polar surface area (TPSA) is 61.4 Å². The molecule has 0 spiro atoms. The summed E-state index contributed by atoms with van der Waals surface area (Å²) in [7, 11) is 0. The van der Waals surface area contributed by atoms with Crippen molar-refractivity contribution >= 4 is 40.6 Å². The second-order valence-electron chi connectivity index (χ2n) is 5.11. The number of aromatic hydroxyl groups is 1. The van der Waals surface area contributed by atoms with E-state index in [0.29, 0.717) is 22.3 Å². The molecule has 0 saturated heterocycles. The van der Waals surface area contributed by atoms with E-state index in [-0.39, 0.29) is 10.8 Å². The van der Waals surface area contributed by atoms with Crippen molar-refractivity contribution < 1.29 is 9.90 Å². The van der Waals surface area contributed by atoms with Gasteiger partial charge in [-0.3, -0.25) is 0 Å². The van der Waals surface area contributed by atoms with Crippen LogP contribution in [0.2, 0.25) is 10.0 Å². The number of halogens is 2. The molecular weight excluding hydrogens is 323 g/mol. The van der Waals surface area contributed by atoms with Crippen molar-refractivity contribution in [3.05, 3.63) is 52.0 Å². The van der Waals surface area contributed by atoms with Gasteiger partial charge in [0.15, 0.2) is 0 Å². The van der Waals surface area contributed by atoms with Gasteiger partial charge in [-0.2, -0.15) is 0 Å². The lowest BCUT2D eigenvalue weighted by atomic mass is 10.0. The number of phenolic OH excluding ortho intramolecular Hbond substituents is 1. The number of rotatable bonds is 3. The Morgan fingerprint density at radius 1 is 1.09 bits per heavy atom. The molecule has 0 atom stereocenters. The normalized spacial score (nSPS) is 10.6. The molecule has 2 rings (SSSR count). The standard InChI is InChI=1S/C16H16Cl2N2O2/c1-9(2)10-6-7-12(14(21)8-10)19-16(22)20-13-5-3-4-11(17)15(13)18/h3-9,21H,1-2H3,(H2,19,20,22). The van der Waals surface area contributed by atoms with Crippen LogP contribution in [-0.2, 0) is 0 Å². The minimum atomic E-state index is -0.517. The van der Waals surface area contributed by atoms with E-state index in [1.807, 2.05) is 19.9 Å². The number of anilines is 2. The highest BCUT2D eigenvalue weighted by molar-refractivity contribution is 6.44. The van der Waals surface area contributed by atoms with E-state index in [9.17, 15) is 9.90 Å². The fourth-order valence-electron chi connectivity index (χ4n) is 1.89. The molecule has 3 N–H and O–H groups in total. The highest BCUT2D eigenvalue weighted by Crippen LogP contribution is 2.30. The van der Waals surface area contributed by atoms with Gasteiger partial charge in [-0.25, -0.2) is 4.79 Å². The number of carbonyl (C=O) groups excluding carboxylic acids is 1. The predicted molar refractivity (Wildman–Crippen MR) is 91.3 cm³/mol. The number of carbonyl (C=O) groups is 1. The molecule has 0 fully saturated rings. The van der Waals surface area contributed by atoms with E-state index in [1.165, 1.54) is 0 Å². The zero-order chi connectivity index (χ0) is 16.3. The first-order valence-electron chi connectivity index (χ1n) is 6.73. The number of urea groups is 1. The molecule has 0 aromatic heterocycles. The lowest BCUT2D eigenvalue weighted by molar-refractivity contribution is 0.262. The number of phenols is 1. The van der Waals surface area contributed by atoms with E-state index in [2.05, 4.69) is 10.6 Å². The summed E-state index contributed by atoms with van der Waals surface area (Å²) in [5, 5.41) is 15.7. The van der Waals surface area contributed by atoms with Crippen LogP contribution in [0.25, 0.3) is 0 Å². The van der Waals surface area contributed by atoms with Gasteiger partial charge in [-0.1, -0.05) is 49.2 Å². The van der Waals surface area contributed by atoms with Crippen LogP contribution in [0.5, 0.6) is 5.75 Å². The molecule has 0 heterocycles. The van der Waals surface area contributed by atoms with Crippen LogP contribution < -0.4 is 10.6 Å². The van der Waals surface area contributed by atoms with Crippen LogP contribution in [0.15, 0.2) is 36.4 Å². The molecule has 2 aromatic rings. The fourth-order valence-corrected chi connectivity index (χ4v) is 2.24. The Balaban J connectivity index is 2.11. The van der Waals surface area contributed by atoms with Crippen LogP contribution in [0, 0.1) is 0 Å². The zero-order valence-electron chi connectivity index (χ0n) is 12.2. The van der Waals surface area contributed by atoms with Crippen LogP contribution >= 0.6 is 23.2 Å². The van der Waals surface area contributed by atoms with Crippen molar-refractivity contribution in [3.8, 4) is 5.75 Å². The first-order valence-corrected chi connectivity index (χ1v) is 7.49. The van der Waals surface area contributed by atoms with Crippen LogP contribution in [-0.4, -0.2) is 11.1 Å². The van der Waals surface area contributed by atoms with Crippen molar-refractivity contribution in [2.24, 2.45) is 0 Å². The quantitative estimate of drug-likeness (QED) is 0.650. The Morgan fingerprint density at radius 2 is 1.77 bits per heavy atom. The third kappa shape index (κ3) is 3.84. The van der Waals surface area contributed by atoms with Gasteiger partial charge in [-0.05, 0) is 35.7 Å². The van der Waals surface area contributed by atoms with Crippen molar-refractivity contribution in [1.29, 1.82) is 0 Å². The Labute approximate surface area is 139 Å². The maximum atomic E-state index is 12.0. The zero-order valence-corrected chi connectivity index (χ0v) is 13.7. The van der Waals surface area contributed by atoms with Crippen LogP contribution in [0.4, 0.5) is 16.2 Å². The van der Waals surface area contributed by atoms with E-state index in [1.54, 1.807) is 30.3 Å². The van der Waals surface area contributed by atoms with E-state index < -0.39 is 6.03 Å². The number of benzene rings is 2. The molecule has 0 aliphatic carbocycles. The summed E-state index contributed by atoms with van der Waals surface area (Å²) in [5.74, 6) is 0.303. The summed E-state index contributed by atoms with van der Waals surface area (Å²) in [5.41, 5.74) is 1.70. The lowest BCUT2D eigenvalue weighted by Gasteiger charge is -2.12. The summed E-state index contributed by atoms with van der Waals surface area (Å²) in [4.78, 5) is 12.0. The Hall–Kier alpha value is -1.91. The molecule has 2 aromatic carbocycles. The van der Waals surface area contributed by atoms with Gasteiger partial charge in [0.25, 0.3) is 0 Å². The SMILES string of the molecule is CC(C)c1ccc(NC(=O)Nc2cccc(Cl)c2Cl)c(O)c1. The molecule has 0 unspecified atom stereocenters. The summed E-state index contributed by atoms with van der Waals surface area (Å²) in [6, 6.07) is 9.57. The molecule has 116 valence electrons. The first-order chi connectivity index (χ1) is 10.4. The molecule has 6 heteroatoms. The molecule has 0 bridgehead atoms. The van der Waals surface area contributed by atoms with Gasteiger partial charge < -0.3 is 15.7 Å². The minimum absolute atomic E-state index is 0.0125. The first kappa shape index (κ1) is 16.5. The lowest BCUT2D eigenvalue weighted by Crippen LogP contribution is -2.19. The maximum Gasteiger partial charge on any atom is 0.323 e. The molecule has 0 radical (unpaired) electrons. The Bertz CT molecular complexity index is 703. The highest BCUT2D eigenvalue weighted by Gasteiger charge is 2.11. The summed E-state index contributed by atoms with van der Waals surface area (Å²) in [6.07, 6.45) is 0. The smallest absolute Gasteiger partial charge is 0.323 e. The Kier molecular flexibility index (Phi) is 5.16. The van der Waals surface area contributed by atoms with Crippen molar-refractivity contribution in [3.63, 3.8) is 0 Å². The van der Waals surface area contributed by atoms with E-state index >= 15 is 0 Å². The number of hydrogen-bond donors (Lipinski definition) is 3. The second-order valence-corrected chi connectivity index (χ2v) is 5.90. The molecule has 0 aliphatic rings. The molecule has 0 aliphatic heterocycles. The molecule has 2 amide bonds. The largest absolute Gasteiger partial charge is 0.506 e. The van der Waals surface area contributed by atoms with Crippen LogP contribution in [0.1, 0.15) is 25.3 Å². The molecular formula is C16H16Cl2N2O2. The third-order valence-electron chi connectivity index (χ3n) is 3.14. The van der Waals surface area contributed by atoms with Gasteiger partial charge >= 0.3 is 6.03 Å². The van der Waals surface area contributed by atoms with E-state index in [0.717, 1.165) is 5.56 Å². The van der Waals surface area contributed by atoms with E-state index in [4.69, 9.17) is 23.2 Å². The monoisotopic (exact) mass is 338 g/mol. The van der Waals surface area contributed by atoms with Crippen molar-refractivity contribution in [2.75, 3.05) is 10.6 Å². The minimum Gasteiger partial charge on any atom is -0.506 e. The summed E-state index contributed by atoms with van der Waals surface area (Å²) >= 11 is 11.9. The molecule has 4 nitrogen and oxygen atoms in total. The highest BCUT2D eigenvalue weighted by atomic mass is 35.5. The number of amides is 2. The summed E-state index contributed by atoms with van der Waals surface area (Å²) < 4.78 is 0. The Morgan fingerprint density at radius 3 is 2.41 bits per heavy atom. The van der Waals surface area contributed by atoms with Gasteiger partial charge in [-0.15, -0.1) is 0 Å². The predicted octanol–water partition coefficient (Wildman–Crippen LogP) is 5.47. The number of hydrogen-bond acceptors (Lipinski definition) is 2. The fraction of sp³-hybridized carbons (Fsp3) is 0.188. The third-order valence-corrected chi connectivity index (χ3v) is 3.96. The average Bonchev–Trinajstić information content (AvgIpc) is 2.46. The maximum absolute atomic E-state index is 12.0. The van der Waals surface area contributed by atoms with Gasteiger partial charge in [0.1, 0.15) is 5.75 Å². The van der Waals surface area contributed by atoms with Gasteiger partial charge in [0, 0.05) is 0 Å². The molecule has 0 saturated carbocycles. The van der Waals surface area contributed by atoms with Crippen molar-refractivity contribution in [2.45, 2.75) is 19.8 Å². The van der Waals surface area contributed by atoms with Crippen molar-refractivity contribution in [1.82, 2.24) is 0 Å². The van der Waals surface area contributed by atoms with Gasteiger partial charge in [0.2, 0.25) is 0 Å². The molecule has 22 heavy (non-hydrogen) atoms. The van der Waals surface area contributed by atoms with Crippen LogP contribution in [0.3, 0.4) is 0 Å². The second kappa shape index (κ2) is 6.90. The van der Waals surface area contributed by atoms with Gasteiger partial charge in [0.05, 0.1) is 21.4 Å².